The molecule has 3 nitrogen and oxygen atoms in total. The van der Waals surface area contributed by atoms with Crippen LogP contribution in [-0.4, -0.2) is 4.57 Å². The van der Waals surface area contributed by atoms with Crippen molar-refractivity contribution in [2.24, 2.45) is 0 Å². The van der Waals surface area contributed by atoms with Crippen molar-refractivity contribution >= 4 is 71.6 Å². The topological polar surface area (TPSA) is 21.3 Å². The van der Waals surface area contributed by atoms with Crippen LogP contribution in [0.1, 0.15) is 0 Å². The van der Waals surface area contributed by atoms with E-state index in [2.05, 4.69) is 258 Å². The lowest BCUT2D eigenvalue weighted by molar-refractivity contribution is 0.670. The van der Waals surface area contributed by atoms with Gasteiger partial charge in [0.1, 0.15) is 11.2 Å². The minimum Gasteiger partial charge on any atom is -0.455 e. The Balaban J connectivity index is 0.948. The van der Waals surface area contributed by atoms with E-state index in [1.165, 1.54) is 54.8 Å². The van der Waals surface area contributed by atoms with Crippen molar-refractivity contribution in [2.75, 3.05) is 4.90 Å². The Morgan fingerprint density at radius 3 is 1.60 bits per heavy atom. The molecule has 0 aliphatic rings. The summed E-state index contributed by atoms with van der Waals surface area (Å²) in [6, 6.07) is 91.7. The number of aromatic nitrogens is 1. The van der Waals surface area contributed by atoms with Gasteiger partial charge in [0.05, 0.1) is 22.1 Å². The summed E-state index contributed by atoms with van der Waals surface area (Å²) in [7, 11) is 0. The Morgan fingerprint density at radius 1 is 0.313 bits per heavy atom. The van der Waals surface area contributed by atoms with Crippen molar-refractivity contribution in [1.82, 2.24) is 4.57 Å². The molecule has 0 aliphatic heterocycles. The minimum atomic E-state index is 0.863. The van der Waals surface area contributed by atoms with E-state index in [1.807, 2.05) is 6.07 Å². The van der Waals surface area contributed by atoms with Crippen LogP contribution in [0.5, 0.6) is 0 Å². The zero-order valence-electron chi connectivity index (χ0n) is 36.6. The Labute approximate surface area is 388 Å². The molecule has 13 aromatic rings. The van der Waals surface area contributed by atoms with Gasteiger partial charge in [-0.3, -0.25) is 0 Å². The predicted octanol–water partition coefficient (Wildman–Crippen LogP) is 18.0. The Hall–Kier alpha value is -8.92. The second-order valence-corrected chi connectivity index (χ2v) is 17.2. The average molecular weight is 855 g/mol. The molecule has 13 rings (SSSR count). The summed E-state index contributed by atoms with van der Waals surface area (Å²) in [6.07, 6.45) is 0. The summed E-state index contributed by atoms with van der Waals surface area (Å²) < 4.78 is 9.18. The number of nitrogens with zero attached hydrogens (tertiary/aromatic N) is 2. The average Bonchev–Trinajstić information content (AvgIpc) is 3.97. The maximum atomic E-state index is 6.80. The number of para-hydroxylation sites is 3. The number of furan rings is 1. The molecule has 67 heavy (non-hydrogen) atoms. The number of anilines is 3. The van der Waals surface area contributed by atoms with Crippen LogP contribution in [0.15, 0.2) is 259 Å². The van der Waals surface area contributed by atoms with Crippen LogP contribution < -0.4 is 4.90 Å². The monoisotopic (exact) mass is 854 g/mol. The number of benzene rings is 11. The normalized spacial score (nSPS) is 11.6. The highest BCUT2D eigenvalue weighted by Gasteiger charge is 2.23. The van der Waals surface area contributed by atoms with Crippen LogP contribution in [0.3, 0.4) is 0 Å². The van der Waals surface area contributed by atoms with E-state index in [1.54, 1.807) is 0 Å². The molecule has 0 N–H and O–H groups in total. The van der Waals surface area contributed by atoms with Crippen LogP contribution in [-0.2, 0) is 0 Å². The smallest absolute Gasteiger partial charge is 0.145 e. The van der Waals surface area contributed by atoms with Gasteiger partial charge in [-0.15, -0.1) is 0 Å². The summed E-state index contributed by atoms with van der Waals surface area (Å²) in [4.78, 5) is 2.39. The molecule has 0 amide bonds. The van der Waals surface area contributed by atoms with Crippen molar-refractivity contribution in [3.63, 3.8) is 0 Å². The molecule has 0 atom stereocenters. The predicted molar refractivity (Wildman–Crippen MR) is 282 cm³/mol. The summed E-state index contributed by atoms with van der Waals surface area (Å²) in [6.45, 7) is 0. The van der Waals surface area contributed by atoms with Gasteiger partial charge < -0.3 is 13.9 Å². The lowest BCUT2D eigenvalue weighted by atomic mass is 9.96. The summed E-state index contributed by atoms with van der Waals surface area (Å²) >= 11 is 0. The van der Waals surface area contributed by atoms with Crippen LogP contribution >= 0.6 is 0 Å². The highest BCUT2D eigenvalue weighted by molar-refractivity contribution is 6.18. The zero-order chi connectivity index (χ0) is 44.3. The molecule has 3 heteroatoms. The molecule has 0 fully saturated rings. The van der Waals surface area contributed by atoms with Crippen molar-refractivity contribution in [3.05, 3.63) is 255 Å². The van der Waals surface area contributed by atoms with Gasteiger partial charge in [0.2, 0.25) is 0 Å². The lowest BCUT2D eigenvalue weighted by Crippen LogP contribution is -2.10. The Morgan fingerprint density at radius 2 is 0.836 bits per heavy atom. The summed E-state index contributed by atoms with van der Waals surface area (Å²) in [5.74, 6) is 0. The first-order valence-electron chi connectivity index (χ1n) is 22.9. The molecule has 0 unspecified atom stereocenters. The number of fused-ring (bicyclic) bond motifs is 7. The van der Waals surface area contributed by atoms with Crippen molar-refractivity contribution in [2.45, 2.75) is 0 Å². The fraction of sp³-hybridized carbons (Fsp3) is 0. The number of rotatable bonds is 8. The molecule has 0 radical (unpaired) electrons. The standard InChI is InChI=1S/C64H42N2O/c1-3-15-46(16-4-1)55-41-42-60(63-57-23-10-12-28-61(57)67-64(55)63)65(50-37-33-44(34-38-50)43-29-31-47(32-30-43)53-24-13-18-45-17-7-8-21-52(45)53)51-39-35-48(36-40-51)54-25-14-27-59-62(54)56-22-9-11-26-58(56)66(59)49-19-5-2-6-20-49/h1-42H. The molecule has 0 bridgehead atoms. The lowest BCUT2D eigenvalue weighted by Gasteiger charge is -2.27. The third-order valence-corrected chi connectivity index (χ3v) is 13.4. The van der Waals surface area contributed by atoms with Gasteiger partial charge in [-0.1, -0.05) is 188 Å². The molecular formula is C64H42N2O. The van der Waals surface area contributed by atoms with E-state index in [0.717, 1.165) is 66.9 Å². The van der Waals surface area contributed by atoms with Crippen molar-refractivity contribution < 1.29 is 4.42 Å². The van der Waals surface area contributed by atoms with Crippen LogP contribution in [0.4, 0.5) is 17.1 Å². The maximum absolute atomic E-state index is 6.80. The minimum absolute atomic E-state index is 0.863. The van der Waals surface area contributed by atoms with Gasteiger partial charge >= 0.3 is 0 Å². The molecule has 0 saturated carbocycles. The first-order chi connectivity index (χ1) is 33.2. The van der Waals surface area contributed by atoms with Gasteiger partial charge in [0, 0.05) is 38.8 Å². The van der Waals surface area contributed by atoms with Crippen LogP contribution in [0, 0.1) is 0 Å². The molecule has 0 aliphatic carbocycles. The highest BCUT2D eigenvalue weighted by atomic mass is 16.3. The zero-order valence-corrected chi connectivity index (χ0v) is 36.6. The van der Waals surface area contributed by atoms with E-state index in [9.17, 15) is 0 Å². The molecule has 0 saturated heterocycles. The Bertz CT molecular complexity index is 3940. The second kappa shape index (κ2) is 16.0. The van der Waals surface area contributed by atoms with E-state index in [-0.39, 0.29) is 0 Å². The third kappa shape index (κ3) is 6.51. The number of hydrogen-bond acceptors (Lipinski definition) is 2. The number of hydrogen-bond donors (Lipinski definition) is 0. The fourth-order valence-electron chi connectivity index (χ4n) is 10.3. The van der Waals surface area contributed by atoms with Gasteiger partial charge in [-0.05, 0) is 116 Å². The fourth-order valence-corrected chi connectivity index (χ4v) is 10.3. The van der Waals surface area contributed by atoms with E-state index >= 15 is 0 Å². The quantitative estimate of drug-likeness (QED) is 0.152. The molecule has 2 aromatic heterocycles. The SMILES string of the molecule is c1ccc(-c2ccc(N(c3ccc(-c4ccc(-c5cccc6ccccc56)cc4)cc3)c3ccc(-c4cccc5c4c4ccccc4n5-c4ccccc4)cc3)c3c2oc2ccccc23)cc1. The van der Waals surface area contributed by atoms with Gasteiger partial charge in [-0.25, -0.2) is 0 Å². The van der Waals surface area contributed by atoms with Crippen molar-refractivity contribution in [1.29, 1.82) is 0 Å². The highest BCUT2D eigenvalue weighted by Crippen LogP contribution is 2.47. The molecular weight excluding hydrogens is 813 g/mol. The van der Waals surface area contributed by atoms with Crippen LogP contribution in [0.2, 0.25) is 0 Å². The van der Waals surface area contributed by atoms with E-state index in [4.69, 9.17) is 4.42 Å². The molecule has 2 heterocycles. The summed E-state index contributed by atoms with van der Waals surface area (Å²) in [5, 5.41) is 7.15. The van der Waals surface area contributed by atoms with E-state index in [0.29, 0.717) is 0 Å². The van der Waals surface area contributed by atoms with Crippen LogP contribution in [0.25, 0.3) is 105 Å². The largest absolute Gasteiger partial charge is 0.455 e. The third-order valence-electron chi connectivity index (χ3n) is 13.4. The maximum Gasteiger partial charge on any atom is 0.145 e. The van der Waals surface area contributed by atoms with E-state index < -0.39 is 0 Å². The van der Waals surface area contributed by atoms with Crippen molar-refractivity contribution in [3.8, 4) is 50.2 Å². The molecule has 11 aromatic carbocycles. The first-order valence-corrected chi connectivity index (χ1v) is 22.9. The second-order valence-electron chi connectivity index (χ2n) is 17.2. The first kappa shape index (κ1) is 38.5. The molecule has 314 valence electrons. The van der Waals surface area contributed by atoms with Gasteiger partial charge in [0.25, 0.3) is 0 Å². The van der Waals surface area contributed by atoms with Gasteiger partial charge in [0.15, 0.2) is 0 Å². The molecule has 0 spiro atoms. The van der Waals surface area contributed by atoms with Gasteiger partial charge in [-0.2, -0.15) is 0 Å². The summed E-state index contributed by atoms with van der Waals surface area (Å²) in [5.41, 5.74) is 17.7. The Kier molecular flexibility index (Phi) is 9.17.